The van der Waals surface area contributed by atoms with Gasteiger partial charge in [-0.2, -0.15) is 0 Å². The predicted molar refractivity (Wildman–Crippen MR) is 84.6 cm³/mol. The minimum atomic E-state index is 0.204. The fourth-order valence-corrected chi connectivity index (χ4v) is 3.01. The molecular weight excluding hydrogens is 280 g/mol. The Kier molecular flexibility index (Phi) is 4.52. The molecule has 1 fully saturated rings. The van der Waals surface area contributed by atoms with E-state index >= 15 is 0 Å². The second kappa shape index (κ2) is 6.57. The van der Waals surface area contributed by atoms with Crippen molar-refractivity contribution in [1.82, 2.24) is 9.80 Å². The van der Waals surface area contributed by atoms with E-state index in [-0.39, 0.29) is 5.91 Å². The summed E-state index contributed by atoms with van der Waals surface area (Å²) in [6, 6.07) is 3.94. The van der Waals surface area contributed by atoms with E-state index in [1.807, 2.05) is 24.0 Å². The molecule has 1 amide bonds. The van der Waals surface area contributed by atoms with Gasteiger partial charge in [0.15, 0.2) is 11.5 Å². The van der Waals surface area contributed by atoms with Gasteiger partial charge in [0, 0.05) is 26.2 Å². The molecule has 5 nitrogen and oxygen atoms in total. The van der Waals surface area contributed by atoms with Crippen molar-refractivity contribution < 1.29 is 14.3 Å². The van der Waals surface area contributed by atoms with Crippen LogP contribution in [0.3, 0.4) is 0 Å². The first-order chi connectivity index (χ1) is 10.7. The number of aryl methyl sites for hydroxylation is 1. The average Bonchev–Trinajstić information content (AvgIpc) is 2.55. The van der Waals surface area contributed by atoms with Crippen LogP contribution < -0.4 is 9.47 Å². The molecule has 0 bridgehead atoms. The zero-order valence-electron chi connectivity index (χ0n) is 13.4. The molecule has 0 radical (unpaired) electrons. The molecule has 0 aromatic heterocycles. The fourth-order valence-electron chi connectivity index (χ4n) is 3.01. The molecule has 1 aromatic carbocycles. The van der Waals surface area contributed by atoms with Crippen LogP contribution in [-0.4, -0.2) is 61.6 Å². The standard InChI is InChI=1S/C17H24N2O3/c1-3-18-4-6-19(7-5-18)17(20)12-14-11-16-15(10-13(14)2)21-8-9-22-16/h10-11H,3-9,12H2,1-2H3. The number of rotatable bonds is 3. The van der Waals surface area contributed by atoms with Gasteiger partial charge in [-0.05, 0) is 36.7 Å². The summed E-state index contributed by atoms with van der Waals surface area (Å²) in [6.07, 6.45) is 0.439. The van der Waals surface area contributed by atoms with Gasteiger partial charge in [0.25, 0.3) is 0 Å². The minimum Gasteiger partial charge on any atom is -0.486 e. The topological polar surface area (TPSA) is 42.0 Å². The van der Waals surface area contributed by atoms with Gasteiger partial charge in [-0.3, -0.25) is 4.79 Å². The summed E-state index contributed by atoms with van der Waals surface area (Å²) in [5.41, 5.74) is 2.12. The Balaban J connectivity index is 1.66. The lowest BCUT2D eigenvalue weighted by atomic mass is 10.0. The van der Waals surface area contributed by atoms with Gasteiger partial charge >= 0.3 is 0 Å². The van der Waals surface area contributed by atoms with E-state index in [9.17, 15) is 4.79 Å². The zero-order chi connectivity index (χ0) is 15.5. The van der Waals surface area contributed by atoms with Crippen LogP contribution in [0.15, 0.2) is 12.1 Å². The van der Waals surface area contributed by atoms with Gasteiger partial charge in [-0.25, -0.2) is 0 Å². The van der Waals surface area contributed by atoms with Crippen molar-refractivity contribution >= 4 is 5.91 Å². The highest BCUT2D eigenvalue weighted by atomic mass is 16.6. The molecule has 0 aliphatic carbocycles. The van der Waals surface area contributed by atoms with E-state index in [1.165, 1.54) is 0 Å². The largest absolute Gasteiger partial charge is 0.486 e. The van der Waals surface area contributed by atoms with Gasteiger partial charge in [-0.1, -0.05) is 6.92 Å². The number of carbonyl (C=O) groups is 1. The molecule has 2 aliphatic heterocycles. The van der Waals surface area contributed by atoms with Crippen LogP contribution >= 0.6 is 0 Å². The minimum absolute atomic E-state index is 0.204. The Labute approximate surface area is 131 Å². The fraction of sp³-hybridized carbons (Fsp3) is 0.588. The third-order valence-corrected chi connectivity index (χ3v) is 4.51. The Hall–Kier alpha value is -1.75. The monoisotopic (exact) mass is 304 g/mol. The molecule has 0 N–H and O–H groups in total. The number of fused-ring (bicyclic) bond motifs is 1. The van der Waals surface area contributed by atoms with Gasteiger partial charge in [-0.15, -0.1) is 0 Å². The maximum atomic E-state index is 12.5. The Morgan fingerprint density at radius 3 is 2.36 bits per heavy atom. The molecule has 1 saturated heterocycles. The van der Waals surface area contributed by atoms with Crippen LogP contribution in [-0.2, 0) is 11.2 Å². The molecule has 3 rings (SSSR count). The number of carbonyl (C=O) groups excluding carboxylic acids is 1. The van der Waals surface area contributed by atoms with Crippen LogP contribution in [0.2, 0.25) is 0 Å². The van der Waals surface area contributed by atoms with E-state index < -0.39 is 0 Å². The lowest BCUT2D eigenvalue weighted by Gasteiger charge is -2.34. The first kappa shape index (κ1) is 15.2. The number of piperazine rings is 1. The first-order valence-electron chi connectivity index (χ1n) is 8.06. The van der Waals surface area contributed by atoms with Crippen LogP contribution in [0.4, 0.5) is 0 Å². The second-order valence-electron chi connectivity index (χ2n) is 5.91. The van der Waals surface area contributed by atoms with Crippen LogP contribution in [0, 0.1) is 6.92 Å². The van der Waals surface area contributed by atoms with Crippen molar-refractivity contribution in [2.24, 2.45) is 0 Å². The van der Waals surface area contributed by atoms with E-state index in [4.69, 9.17) is 9.47 Å². The summed E-state index contributed by atoms with van der Waals surface area (Å²) in [5.74, 6) is 1.75. The summed E-state index contributed by atoms with van der Waals surface area (Å²) in [5, 5.41) is 0. The van der Waals surface area contributed by atoms with E-state index in [0.29, 0.717) is 19.6 Å². The van der Waals surface area contributed by atoms with Crippen molar-refractivity contribution in [2.45, 2.75) is 20.3 Å². The smallest absolute Gasteiger partial charge is 0.227 e. The van der Waals surface area contributed by atoms with Gasteiger partial charge in [0.05, 0.1) is 6.42 Å². The van der Waals surface area contributed by atoms with Gasteiger partial charge in [0.2, 0.25) is 5.91 Å². The average molecular weight is 304 g/mol. The van der Waals surface area contributed by atoms with Crippen molar-refractivity contribution in [2.75, 3.05) is 45.9 Å². The number of amides is 1. The first-order valence-corrected chi connectivity index (χ1v) is 8.06. The highest BCUT2D eigenvalue weighted by molar-refractivity contribution is 5.79. The molecule has 120 valence electrons. The number of ether oxygens (including phenoxy) is 2. The molecule has 0 spiro atoms. The highest BCUT2D eigenvalue weighted by Crippen LogP contribution is 2.33. The molecule has 1 aromatic rings. The number of nitrogens with zero attached hydrogens (tertiary/aromatic N) is 2. The number of likely N-dealkylation sites (N-methyl/N-ethyl adjacent to an activating group) is 1. The molecule has 2 heterocycles. The molecule has 2 aliphatic rings. The molecule has 0 saturated carbocycles. The SMILES string of the molecule is CCN1CCN(C(=O)Cc2cc3c(cc2C)OCCO3)CC1. The molecule has 0 atom stereocenters. The Morgan fingerprint density at radius 1 is 1.09 bits per heavy atom. The van der Waals surface area contributed by atoms with Crippen LogP contribution in [0.5, 0.6) is 11.5 Å². The van der Waals surface area contributed by atoms with E-state index in [2.05, 4.69) is 11.8 Å². The third kappa shape index (κ3) is 3.19. The predicted octanol–water partition coefficient (Wildman–Crippen LogP) is 1.47. The molecule has 5 heteroatoms. The maximum Gasteiger partial charge on any atom is 0.227 e. The van der Waals surface area contributed by atoms with E-state index in [0.717, 1.165) is 55.3 Å². The van der Waals surface area contributed by atoms with Crippen LogP contribution in [0.1, 0.15) is 18.1 Å². The lowest BCUT2D eigenvalue weighted by Crippen LogP contribution is -2.48. The summed E-state index contributed by atoms with van der Waals surface area (Å²) in [7, 11) is 0. The number of hydrogen-bond acceptors (Lipinski definition) is 4. The summed E-state index contributed by atoms with van der Waals surface area (Å²) >= 11 is 0. The van der Waals surface area contributed by atoms with E-state index in [1.54, 1.807) is 0 Å². The molecular formula is C17H24N2O3. The second-order valence-corrected chi connectivity index (χ2v) is 5.91. The van der Waals surface area contributed by atoms with Crippen molar-refractivity contribution in [3.8, 4) is 11.5 Å². The normalized spacial score (nSPS) is 18.4. The van der Waals surface area contributed by atoms with Gasteiger partial charge < -0.3 is 19.3 Å². The molecule has 0 unspecified atom stereocenters. The third-order valence-electron chi connectivity index (χ3n) is 4.51. The Bertz CT molecular complexity index is 551. The number of hydrogen-bond donors (Lipinski definition) is 0. The summed E-state index contributed by atoms with van der Waals surface area (Å²) in [4.78, 5) is 16.9. The zero-order valence-corrected chi connectivity index (χ0v) is 13.4. The number of benzene rings is 1. The summed E-state index contributed by atoms with van der Waals surface area (Å²) < 4.78 is 11.2. The van der Waals surface area contributed by atoms with Crippen molar-refractivity contribution in [3.05, 3.63) is 23.3 Å². The Morgan fingerprint density at radius 2 is 1.73 bits per heavy atom. The van der Waals surface area contributed by atoms with Crippen molar-refractivity contribution in [1.29, 1.82) is 0 Å². The molecule has 22 heavy (non-hydrogen) atoms. The van der Waals surface area contributed by atoms with Gasteiger partial charge in [0.1, 0.15) is 13.2 Å². The van der Waals surface area contributed by atoms with Crippen LogP contribution in [0.25, 0.3) is 0 Å². The van der Waals surface area contributed by atoms with Crippen molar-refractivity contribution in [3.63, 3.8) is 0 Å². The maximum absolute atomic E-state index is 12.5. The quantitative estimate of drug-likeness (QED) is 0.848. The lowest BCUT2D eigenvalue weighted by molar-refractivity contribution is -0.132. The highest BCUT2D eigenvalue weighted by Gasteiger charge is 2.22. The summed E-state index contributed by atoms with van der Waals surface area (Å²) in [6.45, 7) is 10.0.